The Morgan fingerprint density at radius 1 is 1.33 bits per heavy atom. The number of rotatable bonds is 3. The Hall–Kier alpha value is -2.40. The van der Waals surface area contributed by atoms with Gasteiger partial charge in [0, 0.05) is 5.56 Å². The monoisotopic (exact) mass is 301 g/mol. The van der Waals surface area contributed by atoms with E-state index in [4.69, 9.17) is 16.7 Å². The fourth-order valence-electron chi connectivity index (χ4n) is 2.31. The van der Waals surface area contributed by atoms with Crippen LogP contribution >= 0.6 is 11.6 Å². The van der Waals surface area contributed by atoms with Crippen LogP contribution in [-0.2, 0) is 11.2 Å². The first-order valence-electron chi connectivity index (χ1n) is 6.38. The Balaban J connectivity index is 2.33. The second-order valence-electron chi connectivity index (χ2n) is 4.73. The largest absolute Gasteiger partial charge is 0.481 e. The predicted octanol–water partition coefficient (Wildman–Crippen LogP) is 2.99. The summed E-state index contributed by atoms with van der Waals surface area (Å²) in [4.78, 5) is 15.7. The Labute approximate surface area is 125 Å². The molecular formula is C15H12ClN3O2. The molecule has 2 heterocycles. The van der Waals surface area contributed by atoms with E-state index in [0.717, 1.165) is 11.1 Å². The summed E-state index contributed by atoms with van der Waals surface area (Å²) in [6.07, 6.45) is -0.168. The van der Waals surface area contributed by atoms with Crippen molar-refractivity contribution < 1.29 is 9.90 Å². The van der Waals surface area contributed by atoms with Gasteiger partial charge in [-0.15, -0.1) is 0 Å². The molecule has 0 spiro atoms. The molecular weight excluding hydrogens is 290 g/mol. The van der Waals surface area contributed by atoms with Crippen molar-refractivity contribution in [1.29, 1.82) is 0 Å². The zero-order valence-electron chi connectivity index (χ0n) is 11.2. The van der Waals surface area contributed by atoms with Crippen molar-refractivity contribution in [1.82, 2.24) is 14.6 Å². The van der Waals surface area contributed by atoms with Crippen molar-refractivity contribution in [3.63, 3.8) is 0 Å². The van der Waals surface area contributed by atoms with Crippen molar-refractivity contribution >= 4 is 23.2 Å². The molecule has 1 aromatic carbocycles. The molecule has 0 aliphatic heterocycles. The zero-order chi connectivity index (χ0) is 15.0. The molecule has 0 saturated heterocycles. The summed E-state index contributed by atoms with van der Waals surface area (Å²) >= 11 is 5.98. The average molecular weight is 302 g/mol. The lowest BCUT2D eigenvalue weighted by atomic mass is 10.1. The molecule has 0 atom stereocenters. The van der Waals surface area contributed by atoms with Crippen LogP contribution in [0.1, 0.15) is 11.3 Å². The van der Waals surface area contributed by atoms with E-state index in [-0.39, 0.29) is 6.42 Å². The van der Waals surface area contributed by atoms with Crippen LogP contribution in [0.3, 0.4) is 0 Å². The van der Waals surface area contributed by atoms with Gasteiger partial charge in [-0.1, -0.05) is 41.9 Å². The summed E-state index contributed by atoms with van der Waals surface area (Å²) in [5, 5.41) is 13.7. The van der Waals surface area contributed by atoms with Gasteiger partial charge in [0.1, 0.15) is 5.15 Å². The van der Waals surface area contributed by atoms with Gasteiger partial charge in [0.2, 0.25) is 0 Å². The molecule has 0 radical (unpaired) electrons. The molecule has 2 aromatic heterocycles. The van der Waals surface area contributed by atoms with Gasteiger partial charge < -0.3 is 5.11 Å². The summed E-state index contributed by atoms with van der Waals surface area (Å²) in [6.45, 7) is 1.87. The van der Waals surface area contributed by atoms with Crippen LogP contribution in [0, 0.1) is 6.92 Å². The summed E-state index contributed by atoms with van der Waals surface area (Å²) in [5.41, 5.74) is 3.47. The maximum absolute atomic E-state index is 11.2. The first kappa shape index (κ1) is 13.6. The Morgan fingerprint density at radius 3 is 2.71 bits per heavy atom. The highest BCUT2D eigenvalue weighted by Gasteiger charge is 2.19. The van der Waals surface area contributed by atoms with Gasteiger partial charge >= 0.3 is 5.97 Å². The van der Waals surface area contributed by atoms with Crippen molar-refractivity contribution in [2.75, 3.05) is 0 Å². The number of benzene rings is 1. The van der Waals surface area contributed by atoms with Crippen molar-refractivity contribution in [3.8, 4) is 11.3 Å². The van der Waals surface area contributed by atoms with E-state index in [1.807, 2.05) is 37.3 Å². The second kappa shape index (κ2) is 5.18. The first-order chi connectivity index (χ1) is 10.1. The Morgan fingerprint density at radius 2 is 2.05 bits per heavy atom. The van der Waals surface area contributed by atoms with Crippen LogP contribution in [0.15, 0.2) is 36.4 Å². The van der Waals surface area contributed by atoms with Crippen LogP contribution in [0.4, 0.5) is 0 Å². The van der Waals surface area contributed by atoms with E-state index >= 15 is 0 Å². The Kier molecular flexibility index (Phi) is 3.35. The SMILES string of the molecule is Cc1cc(Cl)nn2c(CC(=O)O)c(-c3ccccc3)nc12. The molecule has 0 amide bonds. The van der Waals surface area contributed by atoms with E-state index < -0.39 is 5.97 Å². The van der Waals surface area contributed by atoms with Gasteiger partial charge in [0.05, 0.1) is 17.8 Å². The minimum atomic E-state index is -0.937. The van der Waals surface area contributed by atoms with Gasteiger partial charge in [-0.25, -0.2) is 9.50 Å². The van der Waals surface area contributed by atoms with Gasteiger partial charge in [-0.2, -0.15) is 5.10 Å². The number of carbonyl (C=O) groups is 1. The van der Waals surface area contributed by atoms with E-state index in [9.17, 15) is 4.79 Å². The molecule has 0 bridgehead atoms. The standard InChI is InChI=1S/C15H12ClN3O2/c1-9-7-12(16)18-19-11(8-13(20)21)14(17-15(9)19)10-5-3-2-4-6-10/h2-7H,8H2,1H3,(H,20,21). The zero-order valence-corrected chi connectivity index (χ0v) is 12.0. The molecule has 0 unspecified atom stereocenters. The lowest BCUT2D eigenvalue weighted by Crippen LogP contribution is -2.07. The van der Waals surface area contributed by atoms with Gasteiger partial charge in [-0.3, -0.25) is 4.79 Å². The number of aliphatic carboxylic acids is 1. The lowest BCUT2D eigenvalue weighted by Gasteiger charge is -2.03. The summed E-state index contributed by atoms with van der Waals surface area (Å²) in [6, 6.07) is 11.2. The smallest absolute Gasteiger partial charge is 0.309 e. The molecule has 106 valence electrons. The van der Waals surface area contributed by atoms with Crippen LogP contribution in [0.5, 0.6) is 0 Å². The fourth-order valence-corrected chi connectivity index (χ4v) is 2.54. The van der Waals surface area contributed by atoms with Gasteiger partial charge in [0.25, 0.3) is 0 Å². The maximum Gasteiger partial charge on any atom is 0.309 e. The molecule has 3 aromatic rings. The van der Waals surface area contributed by atoms with Crippen LogP contribution in [0.25, 0.3) is 16.9 Å². The van der Waals surface area contributed by atoms with Crippen molar-refractivity contribution in [2.24, 2.45) is 0 Å². The highest BCUT2D eigenvalue weighted by molar-refractivity contribution is 6.29. The first-order valence-corrected chi connectivity index (χ1v) is 6.76. The van der Waals surface area contributed by atoms with Crippen LogP contribution in [0.2, 0.25) is 5.15 Å². The highest BCUT2D eigenvalue weighted by Crippen LogP contribution is 2.26. The predicted molar refractivity (Wildman–Crippen MR) is 79.5 cm³/mol. The molecule has 1 N–H and O–H groups in total. The maximum atomic E-state index is 11.2. The molecule has 5 nitrogen and oxygen atoms in total. The van der Waals surface area contributed by atoms with E-state index in [0.29, 0.717) is 22.2 Å². The van der Waals surface area contributed by atoms with Crippen LogP contribution < -0.4 is 0 Å². The number of hydrogen-bond acceptors (Lipinski definition) is 3. The topological polar surface area (TPSA) is 67.5 Å². The number of halogens is 1. The number of aryl methyl sites for hydroxylation is 1. The van der Waals surface area contributed by atoms with E-state index in [2.05, 4.69) is 10.1 Å². The fraction of sp³-hybridized carbons (Fsp3) is 0.133. The number of nitrogens with zero attached hydrogens (tertiary/aromatic N) is 3. The van der Waals surface area contributed by atoms with Gasteiger partial charge in [-0.05, 0) is 18.6 Å². The molecule has 6 heteroatoms. The van der Waals surface area contributed by atoms with E-state index in [1.165, 1.54) is 4.52 Å². The second-order valence-corrected chi connectivity index (χ2v) is 5.12. The normalized spacial score (nSPS) is 11.0. The lowest BCUT2D eigenvalue weighted by molar-refractivity contribution is -0.136. The minimum Gasteiger partial charge on any atom is -0.481 e. The van der Waals surface area contributed by atoms with E-state index in [1.54, 1.807) is 6.07 Å². The number of aromatic nitrogens is 3. The third-order valence-corrected chi connectivity index (χ3v) is 3.38. The van der Waals surface area contributed by atoms with Gasteiger partial charge in [0.15, 0.2) is 5.65 Å². The molecule has 0 aliphatic carbocycles. The van der Waals surface area contributed by atoms with Crippen molar-refractivity contribution in [2.45, 2.75) is 13.3 Å². The van der Waals surface area contributed by atoms with Crippen LogP contribution in [-0.4, -0.2) is 25.7 Å². The third kappa shape index (κ3) is 2.48. The number of carboxylic acids is 1. The molecule has 3 rings (SSSR count). The summed E-state index contributed by atoms with van der Waals surface area (Å²) in [5.74, 6) is -0.937. The molecule has 0 aliphatic rings. The highest BCUT2D eigenvalue weighted by atomic mass is 35.5. The molecule has 0 fully saturated rings. The molecule has 21 heavy (non-hydrogen) atoms. The summed E-state index contributed by atoms with van der Waals surface area (Å²) in [7, 11) is 0. The average Bonchev–Trinajstić information content (AvgIpc) is 2.78. The molecule has 0 saturated carbocycles. The quantitative estimate of drug-likeness (QED) is 0.807. The Bertz CT molecular complexity index is 828. The number of imidazole rings is 1. The third-order valence-electron chi connectivity index (χ3n) is 3.20. The number of hydrogen-bond donors (Lipinski definition) is 1. The minimum absolute atomic E-state index is 0.168. The van der Waals surface area contributed by atoms with Crippen molar-refractivity contribution in [3.05, 3.63) is 52.8 Å². The number of carboxylic acid groups (broad SMARTS) is 1. The number of fused-ring (bicyclic) bond motifs is 1. The summed E-state index contributed by atoms with van der Waals surface area (Å²) < 4.78 is 1.52.